The Hall–Kier alpha value is -1.75. The number of methoxy groups -OCH3 is 1. The Kier molecular flexibility index (Phi) is 6.71. The summed E-state index contributed by atoms with van der Waals surface area (Å²) in [6.45, 7) is 3.02. The van der Waals surface area contributed by atoms with Crippen molar-refractivity contribution in [1.82, 2.24) is 10.6 Å². The first-order valence-corrected chi connectivity index (χ1v) is 8.40. The summed E-state index contributed by atoms with van der Waals surface area (Å²) in [6, 6.07) is 5.81. The molecule has 1 unspecified atom stereocenters. The lowest BCUT2D eigenvalue weighted by atomic mass is 10.1. The number of amides is 1. The average Bonchev–Trinajstić information content (AvgIpc) is 3.06. The Balaban J connectivity index is 2.06. The summed E-state index contributed by atoms with van der Waals surface area (Å²) in [5.74, 6) is 1.47. The maximum atomic E-state index is 12.1. The first kappa shape index (κ1) is 17.6. The Morgan fingerprint density at radius 2 is 2.09 bits per heavy atom. The SMILES string of the molecule is CNCC(C)C(=O)NCc1cccc(OC)c1OC1CCCC1. The number of hydrogen-bond donors (Lipinski definition) is 2. The number of nitrogens with one attached hydrogen (secondary N) is 2. The monoisotopic (exact) mass is 320 g/mol. The van der Waals surface area contributed by atoms with E-state index < -0.39 is 0 Å². The third kappa shape index (κ3) is 4.86. The molecule has 1 aromatic carbocycles. The fraction of sp³-hybridized carbons (Fsp3) is 0.611. The van der Waals surface area contributed by atoms with E-state index in [1.165, 1.54) is 12.8 Å². The van der Waals surface area contributed by atoms with Gasteiger partial charge >= 0.3 is 0 Å². The molecule has 5 nitrogen and oxygen atoms in total. The zero-order valence-corrected chi connectivity index (χ0v) is 14.4. The van der Waals surface area contributed by atoms with Gasteiger partial charge in [0.1, 0.15) is 0 Å². The lowest BCUT2D eigenvalue weighted by Gasteiger charge is -2.20. The van der Waals surface area contributed by atoms with E-state index in [0.29, 0.717) is 13.1 Å². The van der Waals surface area contributed by atoms with E-state index >= 15 is 0 Å². The van der Waals surface area contributed by atoms with E-state index in [-0.39, 0.29) is 17.9 Å². The van der Waals surface area contributed by atoms with Crippen LogP contribution >= 0.6 is 0 Å². The molecule has 2 N–H and O–H groups in total. The summed E-state index contributed by atoms with van der Waals surface area (Å²) in [5, 5.41) is 6.00. The van der Waals surface area contributed by atoms with Crippen LogP contribution in [0.1, 0.15) is 38.2 Å². The highest BCUT2D eigenvalue weighted by Crippen LogP contribution is 2.34. The number of hydrogen-bond acceptors (Lipinski definition) is 4. The largest absolute Gasteiger partial charge is 0.493 e. The Morgan fingerprint density at radius 3 is 2.74 bits per heavy atom. The van der Waals surface area contributed by atoms with Gasteiger partial charge in [0, 0.05) is 24.6 Å². The first-order valence-electron chi connectivity index (χ1n) is 8.40. The van der Waals surface area contributed by atoms with Crippen LogP contribution in [0.2, 0.25) is 0 Å². The second-order valence-corrected chi connectivity index (χ2v) is 6.15. The van der Waals surface area contributed by atoms with Crippen LogP contribution in [-0.2, 0) is 11.3 Å². The van der Waals surface area contributed by atoms with E-state index in [4.69, 9.17) is 9.47 Å². The molecule has 1 atom stereocenters. The number of benzene rings is 1. The summed E-state index contributed by atoms with van der Waals surface area (Å²) < 4.78 is 11.6. The lowest BCUT2D eigenvalue weighted by Crippen LogP contribution is -2.34. The van der Waals surface area contributed by atoms with Crippen molar-refractivity contribution in [3.63, 3.8) is 0 Å². The van der Waals surface area contributed by atoms with E-state index in [1.54, 1.807) is 7.11 Å². The molecule has 0 heterocycles. The summed E-state index contributed by atoms with van der Waals surface area (Å²) in [6.07, 6.45) is 4.86. The minimum atomic E-state index is -0.0650. The van der Waals surface area contributed by atoms with Gasteiger partial charge < -0.3 is 20.1 Å². The number of para-hydroxylation sites is 1. The predicted molar refractivity (Wildman–Crippen MR) is 90.8 cm³/mol. The minimum Gasteiger partial charge on any atom is -0.493 e. The van der Waals surface area contributed by atoms with Gasteiger partial charge in [0.15, 0.2) is 11.5 Å². The molecule has 2 rings (SSSR count). The smallest absolute Gasteiger partial charge is 0.224 e. The van der Waals surface area contributed by atoms with Crippen molar-refractivity contribution in [2.24, 2.45) is 5.92 Å². The van der Waals surface area contributed by atoms with Crippen molar-refractivity contribution < 1.29 is 14.3 Å². The minimum absolute atomic E-state index is 0.0361. The van der Waals surface area contributed by atoms with Crippen molar-refractivity contribution in [2.45, 2.75) is 45.3 Å². The van der Waals surface area contributed by atoms with E-state index in [9.17, 15) is 4.79 Å². The average molecular weight is 320 g/mol. The molecule has 0 bridgehead atoms. The zero-order chi connectivity index (χ0) is 16.7. The molecule has 0 spiro atoms. The molecule has 1 saturated carbocycles. The molecular weight excluding hydrogens is 292 g/mol. The standard InChI is InChI=1S/C18H28N2O3/c1-13(11-19-2)18(21)20-12-14-7-6-10-16(22-3)17(14)23-15-8-4-5-9-15/h6-7,10,13,15,19H,4-5,8-9,11-12H2,1-3H3,(H,20,21). The lowest BCUT2D eigenvalue weighted by molar-refractivity contribution is -0.124. The zero-order valence-electron chi connectivity index (χ0n) is 14.4. The van der Waals surface area contributed by atoms with E-state index in [2.05, 4.69) is 10.6 Å². The van der Waals surface area contributed by atoms with Crippen LogP contribution in [0.3, 0.4) is 0 Å². The molecule has 1 aliphatic carbocycles. The van der Waals surface area contributed by atoms with Crippen molar-refractivity contribution >= 4 is 5.91 Å². The maximum absolute atomic E-state index is 12.1. The van der Waals surface area contributed by atoms with Crippen LogP contribution in [0.4, 0.5) is 0 Å². The Bertz CT molecular complexity index is 513. The van der Waals surface area contributed by atoms with Gasteiger partial charge in [-0.2, -0.15) is 0 Å². The predicted octanol–water partition coefficient (Wildman–Crippen LogP) is 2.49. The highest BCUT2D eigenvalue weighted by atomic mass is 16.5. The molecule has 0 radical (unpaired) electrons. The van der Waals surface area contributed by atoms with Gasteiger partial charge in [-0.15, -0.1) is 0 Å². The maximum Gasteiger partial charge on any atom is 0.224 e. The van der Waals surface area contributed by atoms with E-state index in [1.807, 2.05) is 32.2 Å². The van der Waals surface area contributed by atoms with Gasteiger partial charge in [0.25, 0.3) is 0 Å². The highest BCUT2D eigenvalue weighted by Gasteiger charge is 2.21. The summed E-state index contributed by atoms with van der Waals surface area (Å²) in [5.41, 5.74) is 0.959. The Morgan fingerprint density at radius 1 is 1.35 bits per heavy atom. The molecule has 0 aliphatic heterocycles. The van der Waals surface area contributed by atoms with Crippen LogP contribution in [0.5, 0.6) is 11.5 Å². The van der Waals surface area contributed by atoms with Crippen LogP contribution in [0, 0.1) is 5.92 Å². The molecule has 1 amide bonds. The van der Waals surface area contributed by atoms with E-state index in [0.717, 1.165) is 29.9 Å². The summed E-state index contributed by atoms with van der Waals surface area (Å²) in [4.78, 5) is 12.1. The van der Waals surface area contributed by atoms with Gasteiger partial charge in [-0.05, 0) is 38.8 Å². The molecule has 5 heteroatoms. The van der Waals surface area contributed by atoms with Crippen LogP contribution in [0.25, 0.3) is 0 Å². The van der Waals surface area contributed by atoms with Crippen LogP contribution < -0.4 is 20.1 Å². The van der Waals surface area contributed by atoms with Gasteiger partial charge in [-0.3, -0.25) is 4.79 Å². The second kappa shape index (κ2) is 8.77. The molecule has 0 aromatic heterocycles. The summed E-state index contributed by atoms with van der Waals surface area (Å²) in [7, 11) is 3.49. The molecule has 1 aliphatic rings. The van der Waals surface area contributed by atoms with Crippen LogP contribution in [-0.4, -0.2) is 32.7 Å². The number of carbonyl (C=O) groups excluding carboxylic acids is 1. The van der Waals surface area contributed by atoms with Crippen molar-refractivity contribution in [1.29, 1.82) is 0 Å². The molecule has 23 heavy (non-hydrogen) atoms. The van der Waals surface area contributed by atoms with Gasteiger partial charge in [-0.1, -0.05) is 19.1 Å². The molecular formula is C18H28N2O3. The molecule has 128 valence electrons. The van der Waals surface area contributed by atoms with Gasteiger partial charge in [0.2, 0.25) is 5.91 Å². The molecule has 1 fully saturated rings. The number of carbonyl (C=O) groups is 1. The normalized spacial score (nSPS) is 16.1. The first-order chi connectivity index (χ1) is 11.2. The van der Waals surface area contributed by atoms with Gasteiger partial charge in [-0.25, -0.2) is 0 Å². The molecule has 0 saturated heterocycles. The van der Waals surface area contributed by atoms with Crippen molar-refractivity contribution in [2.75, 3.05) is 20.7 Å². The van der Waals surface area contributed by atoms with Crippen LogP contribution in [0.15, 0.2) is 18.2 Å². The number of ether oxygens (including phenoxy) is 2. The van der Waals surface area contributed by atoms with Gasteiger partial charge in [0.05, 0.1) is 13.2 Å². The number of rotatable bonds is 8. The van der Waals surface area contributed by atoms with Crippen molar-refractivity contribution in [3.8, 4) is 11.5 Å². The fourth-order valence-electron chi connectivity index (χ4n) is 2.92. The fourth-order valence-corrected chi connectivity index (χ4v) is 2.92. The summed E-state index contributed by atoms with van der Waals surface area (Å²) >= 11 is 0. The quantitative estimate of drug-likeness (QED) is 0.772. The molecule has 1 aromatic rings. The third-order valence-electron chi connectivity index (χ3n) is 4.28. The third-order valence-corrected chi connectivity index (χ3v) is 4.28. The topological polar surface area (TPSA) is 59.6 Å². The van der Waals surface area contributed by atoms with Crippen molar-refractivity contribution in [3.05, 3.63) is 23.8 Å². The highest BCUT2D eigenvalue weighted by molar-refractivity contribution is 5.78. The Labute approximate surface area is 138 Å². The second-order valence-electron chi connectivity index (χ2n) is 6.15.